The maximum Gasteiger partial charge on any atom is 1.00 e. The van der Waals surface area contributed by atoms with Crippen molar-refractivity contribution in [1.29, 1.82) is 0 Å². The van der Waals surface area contributed by atoms with Crippen molar-refractivity contribution in [2.45, 2.75) is 66.4 Å². The van der Waals surface area contributed by atoms with Crippen LogP contribution in [0.5, 0.6) is 0 Å². The van der Waals surface area contributed by atoms with Crippen LogP contribution < -0.4 is 51.4 Å². The van der Waals surface area contributed by atoms with E-state index in [1.165, 1.54) is 0 Å². The molecule has 1 fully saturated rings. The summed E-state index contributed by atoms with van der Waals surface area (Å²) in [6, 6.07) is 0. The number of carboxylic acid groups (broad SMARTS) is 1. The summed E-state index contributed by atoms with van der Waals surface area (Å²) in [6.45, 7) is 12.1. The van der Waals surface area contributed by atoms with E-state index in [-0.39, 0.29) is 82.1 Å². The Labute approximate surface area is 189 Å². The van der Waals surface area contributed by atoms with Gasteiger partial charge in [0.25, 0.3) is 0 Å². The average Bonchev–Trinajstić information content (AvgIpc) is 2.80. The molecule has 0 amide bonds. The van der Waals surface area contributed by atoms with E-state index in [0.29, 0.717) is 12.3 Å². The van der Waals surface area contributed by atoms with Crippen LogP contribution in [0.15, 0.2) is 0 Å². The minimum atomic E-state index is -1.41. The predicted octanol–water partition coefficient (Wildman–Crippen LogP) is 1.37. The van der Waals surface area contributed by atoms with Crippen molar-refractivity contribution in [3.05, 3.63) is 12.2 Å². The van der Waals surface area contributed by atoms with Crippen LogP contribution in [0.25, 0.3) is 5.73 Å². The van der Waals surface area contributed by atoms with Crippen LogP contribution in [0, 0.1) is 30.1 Å². The van der Waals surface area contributed by atoms with E-state index >= 15 is 0 Å². The molecular formula is C18H33KNO4-. The number of aliphatic carboxylic acids is 1. The summed E-state index contributed by atoms with van der Waals surface area (Å²) in [5, 5.41) is 9.68. The van der Waals surface area contributed by atoms with Crippen molar-refractivity contribution in [3.8, 4) is 0 Å². The summed E-state index contributed by atoms with van der Waals surface area (Å²) in [4.78, 5) is 23.6. The van der Waals surface area contributed by atoms with Gasteiger partial charge in [-0.3, -0.25) is 4.79 Å². The molecule has 0 heterocycles. The van der Waals surface area contributed by atoms with Crippen LogP contribution in [0.4, 0.5) is 0 Å². The molecule has 0 radical (unpaired) electrons. The zero-order valence-electron chi connectivity index (χ0n) is 16.4. The van der Waals surface area contributed by atoms with Crippen molar-refractivity contribution in [1.82, 2.24) is 0 Å². The van der Waals surface area contributed by atoms with Crippen molar-refractivity contribution < 1.29 is 70.8 Å². The fourth-order valence-electron chi connectivity index (χ4n) is 3.62. The fourth-order valence-corrected chi connectivity index (χ4v) is 3.62. The molecule has 6 heteroatoms. The zero-order valence-corrected chi connectivity index (χ0v) is 19.5. The van der Waals surface area contributed by atoms with Gasteiger partial charge < -0.3 is 22.0 Å². The molecule has 0 aromatic heterocycles. The van der Waals surface area contributed by atoms with Crippen LogP contribution in [0.1, 0.15) is 60.8 Å². The number of rotatable bonds is 6. The van der Waals surface area contributed by atoms with Gasteiger partial charge in [-0.1, -0.05) is 27.7 Å². The normalized spacial score (nSPS) is 25.7. The number of hydrogen-bond acceptors (Lipinski definition) is 3. The SMILES string of the molecule is CC(C)C1CC[C@](OC(=O)CC[NH-])(C(=O)O)C1C(C)C.C[CH-]C.[K+]. The molecule has 1 saturated carbocycles. The number of hydrogen-bond donors (Lipinski definition) is 1. The Morgan fingerprint density at radius 1 is 1.25 bits per heavy atom. The summed E-state index contributed by atoms with van der Waals surface area (Å²) in [7, 11) is 0. The largest absolute Gasteiger partial charge is 1.00 e. The van der Waals surface area contributed by atoms with Gasteiger partial charge in [0.1, 0.15) is 0 Å². The second-order valence-corrected chi connectivity index (χ2v) is 6.96. The molecule has 2 N–H and O–H groups in total. The van der Waals surface area contributed by atoms with E-state index in [2.05, 4.69) is 13.8 Å². The van der Waals surface area contributed by atoms with Crippen molar-refractivity contribution in [2.24, 2.45) is 23.7 Å². The van der Waals surface area contributed by atoms with E-state index in [1.54, 1.807) is 0 Å². The smallest absolute Gasteiger partial charge is 0.677 e. The van der Waals surface area contributed by atoms with Gasteiger partial charge in [-0.2, -0.15) is 13.8 Å². The number of carboxylic acids is 1. The monoisotopic (exact) mass is 366 g/mol. The molecule has 5 nitrogen and oxygen atoms in total. The summed E-state index contributed by atoms with van der Waals surface area (Å²) in [6.07, 6.45) is 3.09. The summed E-state index contributed by atoms with van der Waals surface area (Å²) >= 11 is 0. The van der Waals surface area contributed by atoms with Gasteiger partial charge in [0.05, 0.1) is 0 Å². The van der Waals surface area contributed by atoms with E-state index in [4.69, 9.17) is 10.5 Å². The van der Waals surface area contributed by atoms with Gasteiger partial charge in [0.15, 0.2) is 0 Å². The van der Waals surface area contributed by atoms with Gasteiger partial charge in [-0.25, -0.2) is 4.79 Å². The van der Waals surface area contributed by atoms with Gasteiger partial charge in [-0.05, 0) is 30.6 Å². The molecular weight excluding hydrogens is 333 g/mol. The van der Waals surface area contributed by atoms with Gasteiger partial charge in [0, 0.05) is 12.3 Å². The maximum absolute atomic E-state index is 11.8. The van der Waals surface area contributed by atoms with Crippen molar-refractivity contribution in [2.75, 3.05) is 6.54 Å². The standard InChI is InChI=1S/C15H26NO4.C3H7.K/c1-9(2)11-5-7-15(14(18)19,13(11)10(3)4)20-12(17)6-8-16;1-3-2;/h9-11,13,16H,5-8H2,1-4H3,(H,18,19);3H,1-2H3;/q2*-1;+1/t11?,13?,15-;;/m1../s1. The van der Waals surface area contributed by atoms with Crippen LogP contribution in [-0.4, -0.2) is 29.2 Å². The van der Waals surface area contributed by atoms with E-state index < -0.39 is 17.5 Å². The van der Waals surface area contributed by atoms with Gasteiger partial charge in [-0.15, -0.1) is 6.54 Å². The molecule has 3 atom stereocenters. The second-order valence-electron chi connectivity index (χ2n) is 6.96. The zero-order chi connectivity index (χ0) is 18.2. The Bertz CT molecular complexity index is 387. The molecule has 0 aliphatic heterocycles. The number of carbonyl (C=O) groups is 2. The molecule has 2 unspecified atom stereocenters. The maximum atomic E-state index is 11.8. The van der Waals surface area contributed by atoms with Crippen LogP contribution in [0.3, 0.4) is 0 Å². The summed E-state index contributed by atoms with van der Waals surface area (Å²) < 4.78 is 5.40. The first-order chi connectivity index (χ1) is 10.7. The molecule has 0 saturated heterocycles. The molecule has 1 aliphatic carbocycles. The Kier molecular flexibility index (Phi) is 14.3. The second kappa shape index (κ2) is 12.8. The molecule has 24 heavy (non-hydrogen) atoms. The fraction of sp³-hybridized carbons (Fsp3) is 0.833. The minimum Gasteiger partial charge on any atom is -0.677 e. The number of nitrogens with one attached hydrogen (secondary N) is 1. The third kappa shape index (κ3) is 7.04. The molecule has 1 aliphatic rings. The molecule has 1 rings (SSSR count). The van der Waals surface area contributed by atoms with E-state index in [0.717, 1.165) is 6.42 Å². The Morgan fingerprint density at radius 2 is 1.75 bits per heavy atom. The molecule has 0 spiro atoms. The third-order valence-corrected chi connectivity index (χ3v) is 4.41. The minimum absolute atomic E-state index is 0. The molecule has 0 aromatic carbocycles. The average molecular weight is 367 g/mol. The first-order valence-electron chi connectivity index (χ1n) is 8.51. The first kappa shape index (κ1) is 26.8. The van der Waals surface area contributed by atoms with Crippen LogP contribution in [-0.2, 0) is 14.3 Å². The quantitative estimate of drug-likeness (QED) is 0.437. The number of carbonyl (C=O) groups excluding carboxylic acids is 1. The van der Waals surface area contributed by atoms with E-state index in [1.807, 2.05) is 34.1 Å². The summed E-state index contributed by atoms with van der Waals surface area (Å²) in [5.41, 5.74) is 5.67. The topological polar surface area (TPSA) is 87.4 Å². The van der Waals surface area contributed by atoms with Gasteiger partial charge >= 0.3 is 63.3 Å². The summed E-state index contributed by atoms with van der Waals surface area (Å²) in [5.74, 6) is -1.05. The van der Waals surface area contributed by atoms with Crippen LogP contribution >= 0.6 is 0 Å². The Balaban J connectivity index is 0. The Morgan fingerprint density at radius 3 is 2.08 bits per heavy atom. The van der Waals surface area contributed by atoms with Crippen molar-refractivity contribution in [3.63, 3.8) is 0 Å². The van der Waals surface area contributed by atoms with Gasteiger partial charge in [0.2, 0.25) is 5.60 Å². The first-order valence-corrected chi connectivity index (χ1v) is 8.51. The molecule has 0 bridgehead atoms. The number of esters is 1. The van der Waals surface area contributed by atoms with E-state index in [9.17, 15) is 14.7 Å². The predicted molar refractivity (Wildman–Crippen MR) is 91.8 cm³/mol. The third-order valence-electron chi connectivity index (χ3n) is 4.41. The molecule has 136 valence electrons. The molecule has 0 aromatic rings. The Hall–Kier alpha value is 0.536. The number of ether oxygens (including phenoxy) is 1. The van der Waals surface area contributed by atoms with Crippen molar-refractivity contribution >= 4 is 11.9 Å². The van der Waals surface area contributed by atoms with Crippen LogP contribution in [0.2, 0.25) is 0 Å².